The molecule has 3 aromatic rings. The Balaban J connectivity index is 2.03. The fourth-order valence-electron chi connectivity index (χ4n) is 2.69. The fourth-order valence-corrected chi connectivity index (χ4v) is 2.69. The van der Waals surface area contributed by atoms with Crippen molar-refractivity contribution in [1.29, 1.82) is 0 Å². The lowest BCUT2D eigenvalue weighted by Gasteiger charge is -2.11. The van der Waals surface area contributed by atoms with E-state index in [1.165, 1.54) is 33.0 Å². The van der Waals surface area contributed by atoms with Gasteiger partial charge in [0, 0.05) is 0 Å². The number of rotatable bonds is 3. The molecule has 0 heteroatoms. The van der Waals surface area contributed by atoms with E-state index >= 15 is 0 Å². The molecule has 0 amide bonds. The van der Waals surface area contributed by atoms with Crippen molar-refractivity contribution in [2.75, 3.05) is 0 Å². The van der Waals surface area contributed by atoms with Crippen LogP contribution < -0.4 is 0 Å². The minimum absolute atomic E-state index is 0.897. The van der Waals surface area contributed by atoms with Crippen LogP contribution in [0.4, 0.5) is 0 Å². The first-order valence-electron chi connectivity index (χ1n) is 6.95. The molecule has 0 atom stereocenters. The molecule has 0 saturated heterocycles. The van der Waals surface area contributed by atoms with Gasteiger partial charge in [-0.1, -0.05) is 73.3 Å². The van der Waals surface area contributed by atoms with Gasteiger partial charge in [0.05, 0.1) is 0 Å². The Bertz CT molecular complexity index is 751. The van der Waals surface area contributed by atoms with Crippen molar-refractivity contribution in [2.24, 2.45) is 0 Å². The Morgan fingerprint density at radius 2 is 1.60 bits per heavy atom. The summed E-state index contributed by atoms with van der Waals surface area (Å²) >= 11 is 0. The number of hydrogen-bond donors (Lipinski definition) is 0. The molecule has 0 aliphatic rings. The molecular formula is C20H18. The first kappa shape index (κ1) is 12.7. The molecule has 0 saturated carbocycles. The van der Waals surface area contributed by atoms with Crippen molar-refractivity contribution in [3.63, 3.8) is 0 Å². The third kappa shape index (κ3) is 2.50. The molecule has 0 heterocycles. The summed E-state index contributed by atoms with van der Waals surface area (Å²) in [6.07, 6.45) is 0.897. The minimum Gasteiger partial charge on any atom is -0.0949 e. The maximum absolute atomic E-state index is 4.31. The molecule has 0 aliphatic heterocycles. The number of aryl methyl sites for hydroxylation is 1. The zero-order valence-electron chi connectivity index (χ0n) is 11.8. The third-order valence-corrected chi connectivity index (χ3v) is 3.65. The van der Waals surface area contributed by atoms with Gasteiger partial charge in [0.1, 0.15) is 0 Å². The normalized spacial score (nSPS) is 10.7. The molecule has 0 nitrogen and oxygen atoms in total. The van der Waals surface area contributed by atoms with Crippen molar-refractivity contribution in [3.8, 4) is 0 Å². The molecule has 0 N–H and O–H groups in total. The van der Waals surface area contributed by atoms with Crippen LogP contribution >= 0.6 is 0 Å². The highest BCUT2D eigenvalue weighted by molar-refractivity contribution is 5.94. The largest absolute Gasteiger partial charge is 0.0949 e. The van der Waals surface area contributed by atoms with Crippen LogP contribution in [0.5, 0.6) is 0 Å². The second-order valence-electron chi connectivity index (χ2n) is 5.30. The summed E-state index contributed by atoms with van der Waals surface area (Å²) in [6, 6.07) is 23.5. The molecule has 0 aliphatic carbocycles. The summed E-state index contributed by atoms with van der Waals surface area (Å²) in [4.78, 5) is 0. The summed E-state index contributed by atoms with van der Waals surface area (Å²) in [5.74, 6) is 0. The zero-order chi connectivity index (χ0) is 13.9. The van der Waals surface area contributed by atoms with Crippen molar-refractivity contribution < 1.29 is 0 Å². The second-order valence-corrected chi connectivity index (χ2v) is 5.30. The Labute approximate surface area is 120 Å². The van der Waals surface area contributed by atoms with E-state index in [0.717, 1.165) is 6.42 Å². The van der Waals surface area contributed by atoms with E-state index in [1.807, 2.05) is 6.07 Å². The molecule has 3 rings (SSSR count). The van der Waals surface area contributed by atoms with Crippen molar-refractivity contribution in [3.05, 3.63) is 90.0 Å². The van der Waals surface area contributed by atoms with Crippen LogP contribution in [0.1, 0.15) is 16.7 Å². The molecule has 3 aromatic carbocycles. The standard InChI is InChI=1S/C20H18/c1-15-12-18-10-6-7-11-19(18)20(13-15)16(2)14-17-8-4-3-5-9-17/h3-13H,2,14H2,1H3. The van der Waals surface area contributed by atoms with E-state index in [0.29, 0.717) is 0 Å². The van der Waals surface area contributed by atoms with Crippen LogP contribution in [-0.4, -0.2) is 0 Å². The monoisotopic (exact) mass is 258 g/mol. The molecule has 0 bridgehead atoms. The molecule has 98 valence electrons. The van der Waals surface area contributed by atoms with Crippen LogP contribution in [-0.2, 0) is 6.42 Å². The summed E-state index contributed by atoms with van der Waals surface area (Å²) in [7, 11) is 0. The van der Waals surface area contributed by atoms with E-state index in [9.17, 15) is 0 Å². The summed E-state index contributed by atoms with van der Waals surface area (Å²) in [6.45, 7) is 6.46. The number of benzene rings is 3. The fraction of sp³-hybridized carbons (Fsp3) is 0.100. The quantitative estimate of drug-likeness (QED) is 0.589. The van der Waals surface area contributed by atoms with Gasteiger partial charge in [0.2, 0.25) is 0 Å². The topological polar surface area (TPSA) is 0 Å². The maximum atomic E-state index is 4.31. The van der Waals surface area contributed by atoms with Gasteiger partial charge in [-0.15, -0.1) is 0 Å². The van der Waals surface area contributed by atoms with Crippen molar-refractivity contribution in [2.45, 2.75) is 13.3 Å². The molecule has 0 fully saturated rings. The van der Waals surface area contributed by atoms with Gasteiger partial charge in [0.25, 0.3) is 0 Å². The van der Waals surface area contributed by atoms with Gasteiger partial charge in [-0.3, -0.25) is 0 Å². The third-order valence-electron chi connectivity index (χ3n) is 3.65. The van der Waals surface area contributed by atoms with E-state index in [-0.39, 0.29) is 0 Å². The average Bonchev–Trinajstić information content (AvgIpc) is 2.47. The van der Waals surface area contributed by atoms with Crippen molar-refractivity contribution >= 4 is 16.3 Å². The van der Waals surface area contributed by atoms with Gasteiger partial charge in [-0.2, -0.15) is 0 Å². The van der Waals surface area contributed by atoms with Crippen LogP contribution in [0.2, 0.25) is 0 Å². The first-order valence-corrected chi connectivity index (χ1v) is 6.95. The number of allylic oxidation sites excluding steroid dienone is 1. The molecule has 0 unspecified atom stereocenters. The van der Waals surface area contributed by atoms with Gasteiger partial charge >= 0.3 is 0 Å². The Hall–Kier alpha value is -2.34. The summed E-state index contributed by atoms with van der Waals surface area (Å²) in [5, 5.41) is 2.58. The Morgan fingerprint density at radius 3 is 2.40 bits per heavy atom. The Kier molecular flexibility index (Phi) is 3.39. The van der Waals surface area contributed by atoms with Gasteiger partial charge < -0.3 is 0 Å². The highest BCUT2D eigenvalue weighted by Crippen LogP contribution is 2.28. The minimum atomic E-state index is 0.897. The summed E-state index contributed by atoms with van der Waals surface area (Å²) in [5.41, 5.74) is 5.04. The lowest BCUT2D eigenvalue weighted by Crippen LogP contribution is -1.92. The predicted octanol–water partition coefficient (Wildman–Crippen LogP) is 5.40. The van der Waals surface area contributed by atoms with E-state index in [2.05, 4.69) is 74.2 Å². The second kappa shape index (κ2) is 5.34. The predicted molar refractivity (Wildman–Crippen MR) is 87.9 cm³/mol. The highest BCUT2D eigenvalue weighted by Gasteiger charge is 2.06. The molecule has 0 aromatic heterocycles. The van der Waals surface area contributed by atoms with Gasteiger partial charge in [-0.25, -0.2) is 0 Å². The van der Waals surface area contributed by atoms with Crippen molar-refractivity contribution in [1.82, 2.24) is 0 Å². The van der Waals surface area contributed by atoms with E-state index in [1.54, 1.807) is 0 Å². The van der Waals surface area contributed by atoms with Crippen LogP contribution in [0.15, 0.2) is 73.3 Å². The summed E-state index contributed by atoms with van der Waals surface area (Å²) < 4.78 is 0. The van der Waals surface area contributed by atoms with Crippen LogP contribution in [0.25, 0.3) is 16.3 Å². The molecule has 0 spiro atoms. The zero-order valence-corrected chi connectivity index (χ0v) is 11.8. The average molecular weight is 258 g/mol. The van der Waals surface area contributed by atoms with Gasteiger partial charge in [0.15, 0.2) is 0 Å². The Morgan fingerprint density at radius 1 is 0.900 bits per heavy atom. The lowest BCUT2D eigenvalue weighted by molar-refractivity contribution is 1.29. The SMILES string of the molecule is C=C(Cc1ccccc1)c1cc(C)cc2ccccc12. The molecule has 20 heavy (non-hydrogen) atoms. The lowest BCUT2D eigenvalue weighted by atomic mass is 9.93. The van der Waals surface area contributed by atoms with E-state index < -0.39 is 0 Å². The highest BCUT2D eigenvalue weighted by atomic mass is 14.1. The van der Waals surface area contributed by atoms with Crippen LogP contribution in [0, 0.1) is 6.92 Å². The molecule has 0 radical (unpaired) electrons. The smallest absolute Gasteiger partial charge is 0.00255 e. The molecular weight excluding hydrogens is 240 g/mol. The number of hydrogen-bond acceptors (Lipinski definition) is 0. The van der Waals surface area contributed by atoms with E-state index in [4.69, 9.17) is 0 Å². The first-order chi connectivity index (χ1) is 9.74. The maximum Gasteiger partial charge on any atom is -0.00255 e. The van der Waals surface area contributed by atoms with Gasteiger partial charge in [-0.05, 0) is 46.4 Å². The van der Waals surface area contributed by atoms with Crippen LogP contribution in [0.3, 0.4) is 0 Å². The number of fused-ring (bicyclic) bond motifs is 1.